The van der Waals surface area contributed by atoms with Crippen molar-refractivity contribution in [3.63, 3.8) is 0 Å². The summed E-state index contributed by atoms with van der Waals surface area (Å²) in [6.45, 7) is 3.64. The maximum atomic E-state index is 11.0. The fourth-order valence-corrected chi connectivity index (χ4v) is 3.02. The standard InChI is InChI=1S/C16H23NO3/c1-2-17(14-8-3-4-9-15(14)18)11-12-6-5-7-13(10-12)16(19)20/h5-7,10,14-15,18H,2-4,8-9,11H2,1H3,(H,19,20)/t14-,15-/m1/s1. The molecule has 1 aromatic carbocycles. The van der Waals surface area contributed by atoms with Crippen molar-refractivity contribution in [2.45, 2.75) is 51.3 Å². The largest absolute Gasteiger partial charge is 0.478 e. The van der Waals surface area contributed by atoms with Crippen LogP contribution in [0.2, 0.25) is 0 Å². The van der Waals surface area contributed by atoms with Crippen LogP contribution < -0.4 is 0 Å². The third-order valence-electron chi connectivity index (χ3n) is 4.13. The minimum Gasteiger partial charge on any atom is -0.478 e. The molecule has 1 saturated carbocycles. The van der Waals surface area contributed by atoms with Crippen molar-refractivity contribution in [2.75, 3.05) is 6.54 Å². The number of benzene rings is 1. The van der Waals surface area contributed by atoms with E-state index in [0.29, 0.717) is 12.1 Å². The molecule has 110 valence electrons. The molecule has 2 atom stereocenters. The summed E-state index contributed by atoms with van der Waals surface area (Å²) in [4.78, 5) is 13.3. The Kier molecular flexibility index (Phi) is 5.15. The normalized spacial score (nSPS) is 22.9. The number of carboxylic acid groups (broad SMARTS) is 1. The number of carbonyl (C=O) groups is 1. The van der Waals surface area contributed by atoms with Gasteiger partial charge in [-0.25, -0.2) is 4.79 Å². The highest BCUT2D eigenvalue weighted by molar-refractivity contribution is 5.87. The lowest BCUT2D eigenvalue weighted by molar-refractivity contribution is 0.0182. The molecule has 0 heterocycles. The Morgan fingerprint density at radius 3 is 2.75 bits per heavy atom. The average Bonchev–Trinajstić information content (AvgIpc) is 2.46. The van der Waals surface area contributed by atoms with Crippen LogP contribution in [0.3, 0.4) is 0 Å². The SMILES string of the molecule is CCN(Cc1cccc(C(=O)O)c1)[C@@H]1CCCC[C@H]1O. The number of aliphatic hydroxyl groups excluding tert-OH is 1. The number of rotatable bonds is 5. The van der Waals surface area contributed by atoms with Crippen molar-refractivity contribution in [1.29, 1.82) is 0 Å². The highest BCUT2D eigenvalue weighted by atomic mass is 16.4. The highest BCUT2D eigenvalue weighted by Crippen LogP contribution is 2.24. The highest BCUT2D eigenvalue weighted by Gasteiger charge is 2.27. The zero-order chi connectivity index (χ0) is 14.5. The van der Waals surface area contributed by atoms with Gasteiger partial charge in [-0.1, -0.05) is 31.9 Å². The summed E-state index contributed by atoms with van der Waals surface area (Å²) in [6, 6.07) is 7.26. The van der Waals surface area contributed by atoms with Gasteiger partial charge in [0.05, 0.1) is 11.7 Å². The third-order valence-corrected chi connectivity index (χ3v) is 4.13. The van der Waals surface area contributed by atoms with Crippen molar-refractivity contribution < 1.29 is 15.0 Å². The van der Waals surface area contributed by atoms with Crippen LogP contribution in [0, 0.1) is 0 Å². The van der Waals surface area contributed by atoms with Crippen molar-refractivity contribution in [3.05, 3.63) is 35.4 Å². The van der Waals surface area contributed by atoms with Gasteiger partial charge in [0, 0.05) is 12.6 Å². The number of aromatic carboxylic acids is 1. The molecule has 4 heteroatoms. The summed E-state index contributed by atoms with van der Waals surface area (Å²) in [6.07, 6.45) is 3.90. The van der Waals surface area contributed by atoms with Crippen LogP contribution in [0.4, 0.5) is 0 Å². The molecule has 0 saturated heterocycles. The minimum absolute atomic E-state index is 0.197. The topological polar surface area (TPSA) is 60.8 Å². The van der Waals surface area contributed by atoms with Crippen molar-refractivity contribution in [2.24, 2.45) is 0 Å². The number of carboxylic acids is 1. The summed E-state index contributed by atoms with van der Waals surface area (Å²) in [5.41, 5.74) is 1.31. The molecular weight excluding hydrogens is 254 g/mol. The number of hydrogen-bond acceptors (Lipinski definition) is 3. The van der Waals surface area contributed by atoms with Gasteiger partial charge in [-0.15, -0.1) is 0 Å². The maximum Gasteiger partial charge on any atom is 0.335 e. The van der Waals surface area contributed by atoms with Crippen LogP contribution in [-0.2, 0) is 6.54 Å². The van der Waals surface area contributed by atoms with Crippen LogP contribution >= 0.6 is 0 Å². The molecule has 0 aromatic heterocycles. The Hall–Kier alpha value is -1.39. The predicted octanol–water partition coefficient (Wildman–Crippen LogP) is 2.51. The fourth-order valence-electron chi connectivity index (χ4n) is 3.02. The first-order valence-corrected chi connectivity index (χ1v) is 7.36. The lowest BCUT2D eigenvalue weighted by Crippen LogP contribution is -2.44. The van der Waals surface area contributed by atoms with Crippen LogP contribution in [0.15, 0.2) is 24.3 Å². The molecule has 1 aromatic rings. The molecule has 0 bridgehead atoms. The van der Waals surface area contributed by atoms with Crippen molar-refractivity contribution in [1.82, 2.24) is 4.90 Å². The molecule has 2 rings (SSSR count). The third kappa shape index (κ3) is 3.58. The van der Waals surface area contributed by atoms with Gasteiger partial charge in [0.25, 0.3) is 0 Å². The average molecular weight is 277 g/mol. The number of aliphatic hydroxyl groups is 1. The van der Waals surface area contributed by atoms with Gasteiger partial charge in [0.2, 0.25) is 0 Å². The quantitative estimate of drug-likeness (QED) is 0.868. The van der Waals surface area contributed by atoms with Gasteiger partial charge in [-0.05, 0) is 37.1 Å². The van der Waals surface area contributed by atoms with Gasteiger partial charge >= 0.3 is 5.97 Å². The summed E-state index contributed by atoms with van der Waals surface area (Å²) in [5.74, 6) is -0.896. The first-order valence-electron chi connectivity index (χ1n) is 7.36. The molecule has 2 N–H and O–H groups in total. The van der Waals surface area contributed by atoms with Crippen LogP contribution in [0.5, 0.6) is 0 Å². The second kappa shape index (κ2) is 6.86. The van der Waals surface area contributed by atoms with Gasteiger partial charge < -0.3 is 10.2 Å². The van der Waals surface area contributed by atoms with Crippen molar-refractivity contribution >= 4 is 5.97 Å². The first-order chi connectivity index (χ1) is 9.61. The molecule has 4 nitrogen and oxygen atoms in total. The molecule has 0 aliphatic heterocycles. The zero-order valence-electron chi connectivity index (χ0n) is 12.0. The molecule has 0 spiro atoms. The minimum atomic E-state index is -0.896. The van der Waals surface area contributed by atoms with E-state index in [1.54, 1.807) is 18.2 Å². The van der Waals surface area contributed by atoms with E-state index in [1.165, 1.54) is 0 Å². The molecular formula is C16H23NO3. The van der Waals surface area contributed by atoms with E-state index in [1.807, 2.05) is 6.07 Å². The summed E-state index contributed by atoms with van der Waals surface area (Å²) >= 11 is 0. The summed E-state index contributed by atoms with van der Waals surface area (Å²) in [7, 11) is 0. The monoisotopic (exact) mass is 277 g/mol. The van der Waals surface area contributed by atoms with Gasteiger partial charge in [0.15, 0.2) is 0 Å². The molecule has 1 fully saturated rings. The molecule has 1 aliphatic rings. The number of hydrogen-bond donors (Lipinski definition) is 2. The maximum absolute atomic E-state index is 11.0. The van der Waals surface area contributed by atoms with Crippen molar-refractivity contribution in [3.8, 4) is 0 Å². The van der Waals surface area contributed by atoms with E-state index < -0.39 is 5.97 Å². The van der Waals surface area contributed by atoms with Crippen LogP contribution in [0.25, 0.3) is 0 Å². The predicted molar refractivity (Wildman–Crippen MR) is 77.7 cm³/mol. The Labute approximate surface area is 120 Å². The van der Waals surface area contributed by atoms with Crippen LogP contribution in [0.1, 0.15) is 48.5 Å². The Bertz CT molecular complexity index is 461. The fraction of sp³-hybridized carbons (Fsp3) is 0.562. The van der Waals surface area contributed by atoms with E-state index in [9.17, 15) is 9.90 Å². The molecule has 1 aliphatic carbocycles. The molecule has 0 amide bonds. The lowest BCUT2D eigenvalue weighted by atomic mass is 9.91. The van der Waals surface area contributed by atoms with Crippen LogP contribution in [-0.4, -0.2) is 39.8 Å². The van der Waals surface area contributed by atoms with Gasteiger partial charge in [-0.3, -0.25) is 4.90 Å². The van der Waals surface area contributed by atoms with E-state index in [0.717, 1.165) is 37.8 Å². The smallest absolute Gasteiger partial charge is 0.335 e. The first kappa shape index (κ1) is 15.0. The molecule has 20 heavy (non-hydrogen) atoms. The van der Waals surface area contributed by atoms with Gasteiger partial charge in [-0.2, -0.15) is 0 Å². The van der Waals surface area contributed by atoms with E-state index >= 15 is 0 Å². The second-order valence-electron chi connectivity index (χ2n) is 5.49. The molecule has 0 unspecified atom stereocenters. The second-order valence-corrected chi connectivity index (χ2v) is 5.49. The lowest BCUT2D eigenvalue weighted by Gasteiger charge is -2.37. The number of likely N-dealkylation sites (N-methyl/N-ethyl adjacent to an activating group) is 1. The van der Waals surface area contributed by atoms with E-state index in [-0.39, 0.29) is 12.1 Å². The Morgan fingerprint density at radius 2 is 2.10 bits per heavy atom. The zero-order valence-corrected chi connectivity index (χ0v) is 12.0. The Balaban J connectivity index is 2.09. The van der Waals surface area contributed by atoms with E-state index in [4.69, 9.17) is 5.11 Å². The Morgan fingerprint density at radius 1 is 1.35 bits per heavy atom. The number of nitrogens with zero attached hydrogens (tertiary/aromatic N) is 1. The summed E-state index contributed by atoms with van der Waals surface area (Å²) < 4.78 is 0. The summed E-state index contributed by atoms with van der Waals surface area (Å²) in [5, 5.41) is 19.2. The molecule has 0 radical (unpaired) electrons. The van der Waals surface area contributed by atoms with Gasteiger partial charge in [0.1, 0.15) is 0 Å². The van der Waals surface area contributed by atoms with E-state index in [2.05, 4.69) is 11.8 Å².